The molecule has 0 aromatic heterocycles. The standard InChI is InChI=1S/C27H26N2O3/c30-26(29-15-13-28(14-16-29)19-20-7-3-1-4-8-20)22-11-12-24-23(17-22)18-25(32-27(24)31)21-9-5-2-6-10-21/h1-12,17,25H,13-16,18-19H2/t25-/m1/s1. The number of cyclic esters (lactones) is 1. The van der Waals surface area contributed by atoms with Crippen LogP contribution in [0.25, 0.3) is 0 Å². The Morgan fingerprint density at radius 1 is 0.875 bits per heavy atom. The molecule has 1 fully saturated rings. The lowest BCUT2D eigenvalue weighted by Crippen LogP contribution is -2.48. The van der Waals surface area contributed by atoms with Crippen molar-refractivity contribution in [1.29, 1.82) is 0 Å². The summed E-state index contributed by atoms with van der Waals surface area (Å²) in [5.74, 6) is -0.295. The Morgan fingerprint density at radius 3 is 2.28 bits per heavy atom. The summed E-state index contributed by atoms with van der Waals surface area (Å²) in [5.41, 5.74) is 4.34. The summed E-state index contributed by atoms with van der Waals surface area (Å²) in [6, 6.07) is 25.5. The van der Waals surface area contributed by atoms with Gasteiger partial charge in [0.05, 0.1) is 5.56 Å². The quantitative estimate of drug-likeness (QED) is 0.590. The molecule has 32 heavy (non-hydrogen) atoms. The fraction of sp³-hybridized carbons (Fsp3) is 0.259. The van der Waals surface area contributed by atoms with E-state index in [9.17, 15) is 9.59 Å². The van der Waals surface area contributed by atoms with Crippen molar-refractivity contribution < 1.29 is 14.3 Å². The van der Waals surface area contributed by atoms with E-state index in [2.05, 4.69) is 29.2 Å². The molecule has 2 aliphatic heterocycles. The molecule has 2 heterocycles. The highest BCUT2D eigenvalue weighted by atomic mass is 16.5. The summed E-state index contributed by atoms with van der Waals surface area (Å²) < 4.78 is 5.64. The Labute approximate surface area is 188 Å². The maximum absolute atomic E-state index is 13.2. The highest BCUT2D eigenvalue weighted by molar-refractivity contribution is 5.97. The van der Waals surface area contributed by atoms with Crippen molar-refractivity contribution in [2.24, 2.45) is 0 Å². The number of esters is 1. The molecule has 1 amide bonds. The van der Waals surface area contributed by atoms with Crippen molar-refractivity contribution >= 4 is 11.9 Å². The number of hydrogen-bond donors (Lipinski definition) is 0. The van der Waals surface area contributed by atoms with Crippen molar-refractivity contribution in [3.63, 3.8) is 0 Å². The average Bonchev–Trinajstić information content (AvgIpc) is 2.85. The van der Waals surface area contributed by atoms with Crippen molar-refractivity contribution in [3.05, 3.63) is 107 Å². The van der Waals surface area contributed by atoms with E-state index in [-0.39, 0.29) is 18.0 Å². The number of hydrogen-bond acceptors (Lipinski definition) is 4. The van der Waals surface area contributed by atoms with Crippen LogP contribution in [0.15, 0.2) is 78.9 Å². The third-order valence-corrected chi connectivity index (χ3v) is 6.31. The molecule has 162 valence electrons. The number of ether oxygens (including phenoxy) is 1. The van der Waals surface area contributed by atoms with Gasteiger partial charge >= 0.3 is 5.97 Å². The first-order valence-electron chi connectivity index (χ1n) is 11.1. The number of fused-ring (bicyclic) bond motifs is 1. The molecule has 3 aromatic carbocycles. The van der Waals surface area contributed by atoms with Crippen LogP contribution in [0.2, 0.25) is 0 Å². The zero-order valence-electron chi connectivity index (χ0n) is 17.9. The molecule has 3 aromatic rings. The number of piperazine rings is 1. The second-order valence-corrected chi connectivity index (χ2v) is 8.43. The van der Waals surface area contributed by atoms with Crippen molar-refractivity contribution in [2.45, 2.75) is 19.1 Å². The molecule has 1 saturated heterocycles. The Bertz CT molecular complexity index is 1110. The number of nitrogens with zero attached hydrogens (tertiary/aromatic N) is 2. The fourth-order valence-electron chi connectivity index (χ4n) is 4.52. The van der Waals surface area contributed by atoms with E-state index in [0.717, 1.165) is 30.8 Å². The van der Waals surface area contributed by atoms with Gasteiger partial charge in [0.25, 0.3) is 5.91 Å². The topological polar surface area (TPSA) is 49.9 Å². The van der Waals surface area contributed by atoms with Crippen LogP contribution in [0.1, 0.15) is 43.5 Å². The number of amides is 1. The van der Waals surface area contributed by atoms with Crippen LogP contribution in [0.4, 0.5) is 0 Å². The third-order valence-electron chi connectivity index (χ3n) is 6.31. The highest BCUT2D eigenvalue weighted by Gasteiger charge is 2.29. The van der Waals surface area contributed by atoms with E-state index in [4.69, 9.17) is 4.74 Å². The zero-order chi connectivity index (χ0) is 21.9. The first-order valence-corrected chi connectivity index (χ1v) is 11.1. The van der Waals surface area contributed by atoms with Crippen molar-refractivity contribution in [2.75, 3.05) is 26.2 Å². The molecule has 5 nitrogen and oxygen atoms in total. The van der Waals surface area contributed by atoms with E-state index >= 15 is 0 Å². The second-order valence-electron chi connectivity index (χ2n) is 8.43. The van der Waals surface area contributed by atoms with Gasteiger partial charge in [-0.25, -0.2) is 4.79 Å². The lowest BCUT2D eigenvalue weighted by molar-refractivity contribution is 0.0252. The summed E-state index contributed by atoms with van der Waals surface area (Å²) in [6.07, 6.45) is 0.264. The molecule has 0 bridgehead atoms. The number of carbonyl (C=O) groups excluding carboxylic acids is 2. The Balaban J connectivity index is 1.26. The van der Waals surface area contributed by atoms with Gasteiger partial charge in [-0.2, -0.15) is 0 Å². The van der Waals surface area contributed by atoms with Gasteiger partial charge in [0.1, 0.15) is 6.10 Å². The Morgan fingerprint density at radius 2 is 1.56 bits per heavy atom. The molecule has 5 rings (SSSR count). The molecule has 0 aliphatic carbocycles. The first kappa shape index (κ1) is 20.5. The smallest absolute Gasteiger partial charge is 0.339 e. The van der Waals surface area contributed by atoms with E-state index in [1.54, 1.807) is 12.1 Å². The number of carbonyl (C=O) groups is 2. The summed E-state index contributed by atoms with van der Waals surface area (Å²) in [7, 11) is 0. The Hall–Kier alpha value is -3.44. The van der Waals surface area contributed by atoms with Crippen molar-refractivity contribution in [3.8, 4) is 0 Å². The van der Waals surface area contributed by atoms with E-state index < -0.39 is 0 Å². The number of benzene rings is 3. The van der Waals surface area contributed by atoms with E-state index in [1.807, 2.05) is 47.4 Å². The Kier molecular flexibility index (Phi) is 5.73. The highest BCUT2D eigenvalue weighted by Crippen LogP contribution is 2.31. The summed E-state index contributed by atoms with van der Waals surface area (Å²) >= 11 is 0. The normalized spacial score (nSPS) is 18.7. The van der Waals surface area contributed by atoms with E-state index in [1.165, 1.54) is 5.56 Å². The van der Waals surface area contributed by atoms with Crippen molar-refractivity contribution in [1.82, 2.24) is 9.80 Å². The molecular weight excluding hydrogens is 400 g/mol. The SMILES string of the molecule is O=C1O[C@@H](c2ccccc2)Cc2cc(C(=O)N3CCN(Cc4ccccc4)CC3)ccc21. The van der Waals surface area contributed by atoms with Crippen LogP contribution in [0.5, 0.6) is 0 Å². The van der Waals surface area contributed by atoms with Crippen LogP contribution in [0.3, 0.4) is 0 Å². The minimum Gasteiger partial charge on any atom is -0.454 e. The van der Waals surface area contributed by atoms with Gasteiger partial charge in [-0.1, -0.05) is 60.7 Å². The lowest BCUT2D eigenvalue weighted by Gasteiger charge is -2.35. The van der Waals surface area contributed by atoms with Crippen LogP contribution >= 0.6 is 0 Å². The molecule has 2 aliphatic rings. The minimum atomic E-state index is -0.325. The molecule has 0 radical (unpaired) electrons. The third kappa shape index (κ3) is 4.30. The summed E-state index contributed by atoms with van der Waals surface area (Å²) in [4.78, 5) is 30.0. The molecular formula is C27H26N2O3. The zero-order valence-corrected chi connectivity index (χ0v) is 17.9. The van der Waals surface area contributed by atoms with Gasteiger partial charge in [-0.05, 0) is 34.9 Å². The summed E-state index contributed by atoms with van der Waals surface area (Å²) in [5, 5.41) is 0. The molecule has 0 unspecified atom stereocenters. The van der Waals surface area contributed by atoms with Crippen LogP contribution < -0.4 is 0 Å². The fourth-order valence-corrected chi connectivity index (χ4v) is 4.52. The molecule has 5 heteroatoms. The maximum atomic E-state index is 13.2. The predicted molar refractivity (Wildman–Crippen MR) is 122 cm³/mol. The van der Waals surface area contributed by atoms with Crippen LogP contribution in [-0.4, -0.2) is 47.9 Å². The first-order chi connectivity index (χ1) is 15.7. The van der Waals surface area contributed by atoms with Crippen LogP contribution in [0, 0.1) is 0 Å². The number of rotatable bonds is 4. The average molecular weight is 427 g/mol. The van der Waals surface area contributed by atoms with Gasteiger partial charge in [0.2, 0.25) is 0 Å². The van der Waals surface area contributed by atoms with Gasteiger partial charge in [-0.3, -0.25) is 9.69 Å². The second kappa shape index (κ2) is 8.97. The molecule has 0 N–H and O–H groups in total. The van der Waals surface area contributed by atoms with Gasteiger partial charge in [0.15, 0.2) is 0 Å². The van der Waals surface area contributed by atoms with Gasteiger partial charge in [0, 0.05) is 44.7 Å². The van der Waals surface area contributed by atoms with Gasteiger partial charge in [-0.15, -0.1) is 0 Å². The maximum Gasteiger partial charge on any atom is 0.339 e. The molecule has 0 saturated carbocycles. The minimum absolute atomic E-state index is 0.0300. The monoisotopic (exact) mass is 426 g/mol. The van der Waals surface area contributed by atoms with E-state index in [0.29, 0.717) is 30.6 Å². The summed E-state index contributed by atoms with van der Waals surface area (Å²) in [6.45, 7) is 4.03. The lowest BCUT2D eigenvalue weighted by atomic mass is 9.93. The molecule has 0 spiro atoms. The molecule has 1 atom stereocenters. The van der Waals surface area contributed by atoms with Crippen LogP contribution in [-0.2, 0) is 17.7 Å². The largest absolute Gasteiger partial charge is 0.454 e. The predicted octanol–water partition coefficient (Wildman–Crippen LogP) is 4.10. The van der Waals surface area contributed by atoms with Gasteiger partial charge < -0.3 is 9.64 Å².